The van der Waals surface area contributed by atoms with Gasteiger partial charge in [0.05, 0.1) is 18.2 Å². The zero-order chi connectivity index (χ0) is 14.8. The molecule has 0 aromatic heterocycles. The van der Waals surface area contributed by atoms with Crippen LogP contribution in [0.15, 0.2) is 24.3 Å². The molecule has 1 fully saturated rings. The van der Waals surface area contributed by atoms with Gasteiger partial charge >= 0.3 is 12.0 Å². The second kappa shape index (κ2) is 5.19. The molecule has 2 amide bonds. The van der Waals surface area contributed by atoms with Gasteiger partial charge in [-0.05, 0) is 24.6 Å². The van der Waals surface area contributed by atoms with E-state index in [0.29, 0.717) is 11.3 Å². The van der Waals surface area contributed by atoms with Crippen LogP contribution in [0.2, 0.25) is 0 Å². The number of aliphatic carboxylic acids is 1. The Kier molecular flexibility index (Phi) is 3.59. The number of rotatable bonds is 2. The molecule has 0 spiro atoms. The second-order valence-corrected chi connectivity index (χ2v) is 4.76. The molecule has 0 aliphatic carbocycles. The first-order chi connectivity index (χ1) is 9.44. The molecule has 20 heavy (non-hydrogen) atoms. The zero-order valence-corrected chi connectivity index (χ0v) is 10.7. The minimum absolute atomic E-state index is 0.0356. The number of carbonyl (C=O) groups excluding carboxylic acids is 1. The number of amides is 2. The van der Waals surface area contributed by atoms with Crippen LogP contribution in [-0.4, -0.2) is 40.6 Å². The van der Waals surface area contributed by atoms with Crippen molar-refractivity contribution in [2.24, 2.45) is 5.73 Å². The number of hydrogen-bond donors (Lipinski definition) is 3. The third kappa shape index (κ3) is 2.70. The number of nitrogens with zero attached hydrogens (tertiary/aromatic N) is 2. The lowest BCUT2D eigenvalue weighted by Gasteiger charge is -2.20. The van der Waals surface area contributed by atoms with E-state index in [9.17, 15) is 9.59 Å². The highest BCUT2D eigenvalue weighted by atomic mass is 16.4. The molecule has 1 unspecified atom stereocenters. The molecule has 1 heterocycles. The quantitative estimate of drug-likeness (QED) is 0.728. The van der Waals surface area contributed by atoms with E-state index in [1.54, 1.807) is 24.3 Å². The number of urea groups is 1. The summed E-state index contributed by atoms with van der Waals surface area (Å²) < 4.78 is 0. The number of benzene rings is 1. The number of nitriles is 1. The number of carboxylic acids is 1. The SMILES string of the molecule is N#Cc1cccc(NC(=O)N2CCC(N)(C(=O)O)C2)c1. The monoisotopic (exact) mass is 274 g/mol. The van der Waals surface area contributed by atoms with Gasteiger partial charge in [0.1, 0.15) is 5.54 Å². The molecule has 1 aromatic rings. The molecule has 2 rings (SSSR count). The highest BCUT2D eigenvalue weighted by Gasteiger charge is 2.42. The number of nitrogens with two attached hydrogens (primary N) is 1. The van der Waals surface area contributed by atoms with Gasteiger partial charge < -0.3 is 21.1 Å². The van der Waals surface area contributed by atoms with Gasteiger partial charge in [0.15, 0.2) is 0 Å². The van der Waals surface area contributed by atoms with Crippen molar-refractivity contribution in [1.29, 1.82) is 5.26 Å². The summed E-state index contributed by atoms with van der Waals surface area (Å²) in [5.41, 5.74) is 5.24. The van der Waals surface area contributed by atoms with Crippen LogP contribution in [0.5, 0.6) is 0 Å². The van der Waals surface area contributed by atoms with E-state index in [-0.39, 0.29) is 19.5 Å². The van der Waals surface area contributed by atoms with E-state index < -0.39 is 17.5 Å². The van der Waals surface area contributed by atoms with E-state index in [1.807, 2.05) is 6.07 Å². The summed E-state index contributed by atoms with van der Waals surface area (Å²) in [6.07, 6.45) is 0.216. The molecule has 1 aliphatic heterocycles. The lowest BCUT2D eigenvalue weighted by atomic mass is 10.0. The third-order valence-electron chi connectivity index (χ3n) is 3.26. The summed E-state index contributed by atoms with van der Waals surface area (Å²) in [7, 11) is 0. The van der Waals surface area contributed by atoms with Crippen molar-refractivity contribution in [2.75, 3.05) is 18.4 Å². The molecular formula is C13H14N4O3. The molecule has 7 nitrogen and oxygen atoms in total. The van der Waals surface area contributed by atoms with Gasteiger partial charge in [0.25, 0.3) is 0 Å². The van der Waals surface area contributed by atoms with Gasteiger partial charge in [0, 0.05) is 12.2 Å². The van der Waals surface area contributed by atoms with Crippen molar-refractivity contribution >= 4 is 17.7 Å². The Morgan fingerprint density at radius 2 is 2.25 bits per heavy atom. The molecule has 7 heteroatoms. The fourth-order valence-electron chi connectivity index (χ4n) is 2.05. The number of likely N-dealkylation sites (tertiary alicyclic amines) is 1. The summed E-state index contributed by atoms with van der Waals surface area (Å²) in [5, 5.41) is 20.4. The molecule has 1 saturated heterocycles. The number of hydrogen-bond acceptors (Lipinski definition) is 4. The Morgan fingerprint density at radius 1 is 1.50 bits per heavy atom. The maximum atomic E-state index is 12.0. The molecule has 0 bridgehead atoms. The Bertz CT molecular complexity index is 596. The van der Waals surface area contributed by atoms with Crippen molar-refractivity contribution in [3.05, 3.63) is 29.8 Å². The van der Waals surface area contributed by atoms with E-state index in [4.69, 9.17) is 16.1 Å². The molecule has 4 N–H and O–H groups in total. The smallest absolute Gasteiger partial charge is 0.325 e. The van der Waals surface area contributed by atoms with E-state index >= 15 is 0 Å². The fraction of sp³-hybridized carbons (Fsp3) is 0.308. The predicted molar refractivity (Wildman–Crippen MR) is 70.9 cm³/mol. The Morgan fingerprint density at radius 3 is 2.85 bits per heavy atom. The lowest BCUT2D eigenvalue weighted by molar-refractivity contribution is -0.142. The fourth-order valence-corrected chi connectivity index (χ4v) is 2.05. The van der Waals surface area contributed by atoms with Crippen LogP contribution in [0.4, 0.5) is 10.5 Å². The normalized spacial score (nSPS) is 21.3. The highest BCUT2D eigenvalue weighted by Crippen LogP contribution is 2.20. The lowest BCUT2D eigenvalue weighted by Crippen LogP contribution is -2.51. The van der Waals surface area contributed by atoms with Crippen LogP contribution in [0, 0.1) is 11.3 Å². The van der Waals surface area contributed by atoms with Gasteiger partial charge in [-0.1, -0.05) is 6.07 Å². The zero-order valence-electron chi connectivity index (χ0n) is 10.7. The average molecular weight is 274 g/mol. The van der Waals surface area contributed by atoms with Crippen LogP contribution in [0.3, 0.4) is 0 Å². The van der Waals surface area contributed by atoms with E-state index in [1.165, 1.54) is 4.90 Å². The minimum atomic E-state index is -1.38. The standard InChI is InChI=1S/C13H14N4O3/c14-7-9-2-1-3-10(6-9)16-12(20)17-5-4-13(15,8-17)11(18)19/h1-3,6H,4-5,8,15H2,(H,16,20)(H,18,19). The Labute approximate surface area is 115 Å². The average Bonchev–Trinajstić information content (AvgIpc) is 2.83. The summed E-state index contributed by atoms with van der Waals surface area (Å²) >= 11 is 0. The summed E-state index contributed by atoms with van der Waals surface area (Å²) in [6.45, 7) is 0.249. The molecule has 1 atom stereocenters. The van der Waals surface area contributed by atoms with Crippen molar-refractivity contribution in [3.8, 4) is 6.07 Å². The largest absolute Gasteiger partial charge is 0.480 e. The van der Waals surface area contributed by atoms with Gasteiger partial charge in [-0.2, -0.15) is 5.26 Å². The summed E-state index contributed by atoms with van der Waals surface area (Å²) in [6, 6.07) is 8.03. The third-order valence-corrected chi connectivity index (χ3v) is 3.26. The van der Waals surface area contributed by atoms with Gasteiger partial charge in [-0.3, -0.25) is 4.79 Å². The van der Waals surface area contributed by atoms with Crippen molar-refractivity contribution in [2.45, 2.75) is 12.0 Å². The van der Waals surface area contributed by atoms with Crippen LogP contribution in [0.1, 0.15) is 12.0 Å². The topological polar surface area (TPSA) is 119 Å². The van der Waals surface area contributed by atoms with Crippen LogP contribution in [0.25, 0.3) is 0 Å². The van der Waals surface area contributed by atoms with Crippen molar-refractivity contribution in [1.82, 2.24) is 4.90 Å². The Hall–Kier alpha value is -2.59. The number of anilines is 1. The highest BCUT2D eigenvalue weighted by molar-refractivity contribution is 5.91. The van der Waals surface area contributed by atoms with Gasteiger partial charge in [0.2, 0.25) is 0 Å². The molecule has 1 aliphatic rings. The first-order valence-electron chi connectivity index (χ1n) is 6.03. The van der Waals surface area contributed by atoms with Crippen LogP contribution >= 0.6 is 0 Å². The number of carbonyl (C=O) groups is 2. The molecular weight excluding hydrogens is 260 g/mol. The maximum Gasteiger partial charge on any atom is 0.325 e. The van der Waals surface area contributed by atoms with Crippen LogP contribution < -0.4 is 11.1 Å². The first kappa shape index (κ1) is 13.8. The van der Waals surface area contributed by atoms with Gasteiger partial charge in [-0.15, -0.1) is 0 Å². The van der Waals surface area contributed by atoms with E-state index in [2.05, 4.69) is 5.32 Å². The van der Waals surface area contributed by atoms with E-state index in [0.717, 1.165) is 0 Å². The molecule has 0 radical (unpaired) electrons. The predicted octanol–water partition coefficient (Wildman–Crippen LogP) is 0.578. The molecule has 0 saturated carbocycles. The number of nitrogens with one attached hydrogen (secondary N) is 1. The van der Waals surface area contributed by atoms with Gasteiger partial charge in [-0.25, -0.2) is 4.79 Å². The molecule has 1 aromatic carbocycles. The Balaban J connectivity index is 2.03. The van der Waals surface area contributed by atoms with Crippen LogP contribution in [-0.2, 0) is 4.79 Å². The summed E-state index contributed by atoms with van der Waals surface area (Å²) in [5.74, 6) is -1.11. The minimum Gasteiger partial charge on any atom is -0.480 e. The first-order valence-corrected chi connectivity index (χ1v) is 6.03. The number of carboxylic acid groups (broad SMARTS) is 1. The van der Waals surface area contributed by atoms with Crippen molar-refractivity contribution in [3.63, 3.8) is 0 Å². The second-order valence-electron chi connectivity index (χ2n) is 4.76. The maximum absolute atomic E-state index is 12.0. The molecule has 104 valence electrons. The summed E-state index contributed by atoms with van der Waals surface area (Å²) in [4.78, 5) is 24.4. The van der Waals surface area contributed by atoms with Crippen molar-refractivity contribution < 1.29 is 14.7 Å².